The number of carbonyl (C=O) groups excluding carboxylic acids is 1. The van der Waals surface area contributed by atoms with Crippen LogP contribution < -0.4 is 5.32 Å². The molecular formula is C14H23NO4. The number of amides is 1. The van der Waals surface area contributed by atoms with Gasteiger partial charge in [-0.3, -0.25) is 4.79 Å². The van der Waals surface area contributed by atoms with Gasteiger partial charge in [-0.25, -0.2) is 4.79 Å². The molecule has 1 amide bonds. The minimum absolute atomic E-state index is 0.0478. The van der Waals surface area contributed by atoms with Crippen molar-refractivity contribution in [3.05, 3.63) is 12.7 Å². The molecule has 0 radical (unpaired) electrons. The van der Waals surface area contributed by atoms with E-state index in [9.17, 15) is 9.59 Å². The van der Waals surface area contributed by atoms with Crippen molar-refractivity contribution < 1.29 is 19.4 Å². The van der Waals surface area contributed by atoms with E-state index in [0.29, 0.717) is 0 Å². The van der Waals surface area contributed by atoms with Gasteiger partial charge in [0.1, 0.15) is 6.61 Å². The first kappa shape index (κ1) is 15.5. The molecule has 19 heavy (non-hydrogen) atoms. The van der Waals surface area contributed by atoms with E-state index >= 15 is 0 Å². The second-order valence-electron chi connectivity index (χ2n) is 4.99. The van der Waals surface area contributed by atoms with E-state index in [1.807, 2.05) is 0 Å². The van der Waals surface area contributed by atoms with Crippen LogP contribution in [0.25, 0.3) is 0 Å². The summed E-state index contributed by atoms with van der Waals surface area (Å²) < 4.78 is 4.86. The monoisotopic (exact) mass is 269 g/mol. The summed E-state index contributed by atoms with van der Waals surface area (Å²) in [6, 6.07) is -0.340. The smallest absolute Gasteiger partial charge is 0.407 e. The zero-order chi connectivity index (χ0) is 14.1. The second-order valence-corrected chi connectivity index (χ2v) is 4.99. The van der Waals surface area contributed by atoms with E-state index in [-0.39, 0.29) is 25.0 Å². The van der Waals surface area contributed by atoms with E-state index in [4.69, 9.17) is 9.84 Å². The number of rotatable bonds is 6. The third-order valence-electron chi connectivity index (χ3n) is 3.50. The fourth-order valence-electron chi connectivity index (χ4n) is 2.56. The Labute approximate surface area is 114 Å². The second kappa shape index (κ2) is 8.56. The molecule has 2 N–H and O–H groups in total. The number of hydrogen-bond donors (Lipinski definition) is 2. The largest absolute Gasteiger partial charge is 0.481 e. The Balaban J connectivity index is 2.56. The lowest BCUT2D eigenvalue weighted by atomic mass is 9.90. The molecule has 0 saturated heterocycles. The third kappa shape index (κ3) is 6.27. The number of nitrogens with one attached hydrogen (secondary N) is 1. The molecule has 5 heteroatoms. The van der Waals surface area contributed by atoms with Crippen molar-refractivity contribution in [1.82, 2.24) is 5.32 Å². The van der Waals surface area contributed by atoms with Gasteiger partial charge in [0.2, 0.25) is 0 Å². The maximum Gasteiger partial charge on any atom is 0.407 e. The van der Waals surface area contributed by atoms with Gasteiger partial charge in [0.25, 0.3) is 0 Å². The number of ether oxygens (including phenoxy) is 1. The van der Waals surface area contributed by atoms with E-state index in [1.165, 1.54) is 18.9 Å². The lowest BCUT2D eigenvalue weighted by Crippen LogP contribution is -2.42. The zero-order valence-electron chi connectivity index (χ0n) is 11.3. The summed E-state index contributed by atoms with van der Waals surface area (Å²) >= 11 is 0. The Morgan fingerprint density at radius 2 is 1.95 bits per heavy atom. The van der Waals surface area contributed by atoms with Crippen LogP contribution in [-0.4, -0.2) is 29.8 Å². The van der Waals surface area contributed by atoms with Crippen molar-refractivity contribution in [2.24, 2.45) is 5.92 Å². The van der Waals surface area contributed by atoms with E-state index < -0.39 is 12.1 Å². The summed E-state index contributed by atoms with van der Waals surface area (Å²) in [5.41, 5.74) is 0. The van der Waals surface area contributed by atoms with Crippen LogP contribution >= 0.6 is 0 Å². The maximum absolute atomic E-state index is 11.5. The highest BCUT2D eigenvalue weighted by molar-refractivity contribution is 5.71. The molecule has 1 fully saturated rings. The number of carboxylic acid groups (broad SMARTS) is 1. The molecule has 0 aromatic rings. The first-order valence-electron chi connectivity index (χ1n) is 6.89. The van der Waals surface area contributed by atoms with Gasteiger partial charge in [-0.1, -0.05) is 38.3 Å². The molecule has 0 aromatic carbocycles. The lowest BCUT2D eigenvalue weighted by Gasteiger charge is -2.25. The lowest BCUT2D eigenvalue weighted by molar-refractivity contribution is -0.137. The van der Waals surface area contributed by atoms with Gasteiger partial charge >= 0.3 is 12.1 Å². The van der Waals surface area contributed by atoms with Crippen LogP contribution in [0.2, 0.25) is 0 Å². The molecule has 0 aromatic heterocycles. The van der Waals surface area contributed by atoms with Crippen LogP contribution in [0.5, 0.6) is 0 Å². The van der Waals surface area contributed by atoms with Crippen molar-refractivity contribution in [3.63, 3.8) is 0 Å². The topological polar surface area (TPSA) is 75.6 Å². The maximum atomic E-state index is 11.5. The number of alkyl carbamates (subject to hydrolysis) is 1. The van der Waals surface area contributed by atoms with Crippen LogP contribution in [0, 0.1) is 5.92 Å². The van der Waals surface area contributed by atoms with Gasteiger partial charge in [-0.05, 0) is 18.8 Å². The van der Waals surface area contributed by atoms with Crippen LogP contribution in [0.1, 0.15) is 44.9 Å². The first-order valence-corrected chi connectivity index (χ1v) is 6.89. The van der Waals surface area contributed by atoms with Gasteiger partial charge in [0, 0.05) is 6.04 Å². The van der Waals surface area contributed by atoms with Gasteiger partial charge < -0.3 is 15.2 Å². The van der Waals surface area contributed by atoms with Crippen LogP contribution in [0.4, 0.5) is 4.79 Å². The Morgan fingerprint density at radius 1 is 1.32 bits per heavy atom. The average Bonchev–Trinajstić information content (AvgIpc) is 2.63. The first-order chi connectivity index (χ1) is 9.13. The van der Waals surface area contributed by atoms with E-state index in [1.54, 1.807) is 0 Å². The average molecular weight is 269 g/mol. The van der Waals surface area contributed by atoms with Crippen LogP contribution in [-0.2, 0) is 9.53 Å². The Hall–Kier alpha value is -1.52. The van der Waals surface area contributed by atoms with Crippen molar-refractivity contribution in [1.29, 1.82) is 0 Å². The molecule has 0 aliphatic heterocycles. The van der Waals surface area contributed by atoms with Gasteiger partial charge in [0.05, 0.1) is 6.42 Å². The minimum Gasteiger partial charge on any atom is -0.481 e. The van der Waals surface area contributed by atoms with Crippen LogP contribution in [0.15, 0.2) is 12.7 Å². The fraction of sp³-hybridized carbons (Fsp3) is 0.714. The summed E-state index contributed by atoms with van der Waals surface area (Å²) in [7, 11) is 0. The third-order valence-corrected chi connectivity index (χ3v) is 3.50. The standard InChI is InChI=1S/C14H23NO4/c1-2-9-19-14(18)15-12(10-13(16)17)11-7-5-3-4-6-8-11/h2,11-12H,1,3-10H2,(H,15,18)(H,16,17). The minimum atomic E-state index is -0.890. The molecule has 1 aliphatic rings. The molecule has 5 nitrogen and oxygen atoms in total. The molecule has 1 aliphatic carbocycles. The molecule has 1 atom stereocenters. The summed E-state index contributed by atoms with van der Waals surface area (Å²) in [4.78, 5) is 22.5. The van der Waals surface area contributed by atoms with Crippen LogP contribution in [0.3, 0.4) is 0 Å². The predicted molar refractivity (Wildman–Crippen MR) is 71.9 cm³/mol. The highest BCUT2D eigenvalue weighted by atomic mass is 16.5. The molecule has 1 saturated carbocycles. The SMILES string of the molecule is C=CCOC(=O)NC(CC(=O)O)C1CCCCCC1. The molecule has 1 unspecified atom stereocenters. The number of carboxylic acids is 1. The van der Waals surface area contributed by atoms with E-state index in [2.05, 4.69) is 11.9 Å². The summed E-state index contributed by atoms with van der Waals surface area (Å²) in [5, 5.41) is 11.7. The van der Waals surface area contributed by atoms with Gasteiger partial charge in [0.15, 0.2) is 0 Å². The molecule has 0 heterocycles. The van der Waals surface area contributed by atoms with Crippen molar-refractivity contribution in [2.45, 2.75) is 51.0 Å². The number of hydrogen-bond acceptors (Lipinski definition) is 3. The molecule has 108 valence electrons. The van der Waals surface area contributed by atoms with E-state index in [0.717, 1.165) is 25.7 Å². The Bertz CT molecular complexity index is 309. The Morgan fingerprint density at radius 3 is 2.47 bits per heavy atom. The zero-order valence-corrected chi connectivity index (χ0v) is 11.3. The summed E-state index contributed by atoms with van der Waals surface area (Å²) in [6.07, 6.45) is 7.41. The summed E-state index contributed by atoms with van der Waals surface area (Å²) in [6.45, 7) is 3.60. The highest BCUT2D eigenvalue weighted by Gasteiger charge is 2.26. The van der Waals surface area contributed by atoms with Crippen molar-refractivity contribution in [2.75, 3.05) is 6.61 Å². The molecule has 0 spiro atoms. The highest BCUT2D eigenvalue weighted by Crippen LogP contribution is 2.27. The fourth-order valence-corrected chi connectivity index (χ4v) is 2.56. The van der Waals surface area contributed by atoms with Gasteiger partial charge in [-0.2, -0.15) is 0 Å². The number of carbonyl (C=O) groups is 2. The molecule has 1 rings (SSSR count). The summed E-state index contributed by atoms with van der Waals surface area (Å²) in [5.74, 6) is -0.659. The Kier molecular flexibility index (Phi) is 7.00. The normalized spacial score (nSPS) is 18.1. The quantitative estimate of drug-likeness (QED) is 0.574. The van der Waals surface area contributed by atoms with Crippen molar-refractivity contribution >= 4 is 12.1 Å². The van der Waals surface area contributed by atoms with Crippen molar-refractivity contribution in [3.8, 4) is 0 Å². The molecule has 0 bridgehead atoms. The molecular weight excluding hydrogens is 246 g/mol. The predicted octanol–water partition coefficient (Wildman–Crippen LogP) is 2.71. The number of aliphatic carboxylic acids is 1. The van der Waals surface area contributed by atoms with Gasteiger partial charge in [-0.15, -0.1) is 0 Å².